The number of nitrogens with one attached hydrogen (secondary N) is 2. The summed E-state index contributed by atoms with van der Waals surface area (Å²) in [5.41, 5.74) is 0.998. The fourth-order valence-corrected chi connectivity index (χ4v) is 5.00. The van der Waals surface area contributed by atoms with Gasteiger partial charge < -0.3 is 5.32 Å². The van der Waals surface area contributed by atoms with Gasteiger partial charge in [-0.25, -0.2) is 13.1 Å². The Morgan fingerprint density at radius 2 is 2.24 bits per heavy atom. The standard InChI is InChI=1S/C15H24N2O2S2/c1-3-16-12(2)13-6-4-8-15(10-13)21(18,19)17-14-7-5-9-20-11-14/h4,6,8,10,12,14,16-17H,3,5,7,9,11H2,1-2H3. The summed E-state index contributed by atoms with van der Waals surface area (Å²) in [6, 6.07) is 7.42. The first kappa shape index (κ1) is 16.8. The topological polar surface area (TPSA) is 58.2 Å². The Balaban J connectivity index is 2.13. The maximum absolute atomic E-state index is 12.5. The summed E-state index contributed by atoms with van der Waals surface area (Å²) in [6.07, 6.45) is 2.01. The van der Waals surface area contributed by atoms with Crippen LogP contribution in [0, 0.1) is 0 Å². The summed E-state index contributed by atoms with van der Waals surface area (Å²) < 4.78 is 27.8. The highest BCUT2D eigenvalue weighted by molar-refractivity contribution is 7.99. The molecule has 2 atom stereocenters. The van der Waals surface area contributed by atoms with Crippen molar-refractivity contribution in [1.82, 2.24) is 10.0 Å². The fraction of sp³-hybridized carbons (Fsp3) is 0.600. The Hall–Kier alpha value is -0.560. The Bertz CT molecular complexity index is 555. The molecule has 1 fully saturated rings. The van der Waals surface area contributed by atoms with Crippen LogP contribution in [0.3, 0.4) is 0 Å². The number of hydrogen-bond donors (Lipinski definition) is 2. The van der Waals surface area contributed by atoms with Crippen LogP contribution in [0.1, 0.15) is 38.3 Å². The van der Waals surface area contributed by atoms with Gasteiger partial charge in [0.2, 0.25) is 10.0 Å². The van der Waals surface area contributed by atoms with Crippen LogP contribution in [0.15, 0.2) is 29.2 Å². The summed E-state index contributed by atoms with van der Waals surface area (Å²) in [5.74, 6) is 2.00. The normalized spacial score (nSPS) is 21.1. The van der Waals surface area contributed by atoms with Gasteiger partial charge >= 0.3 is 0 Å². The summed E-state index contributed by atoms with van der Waals surface area (Å²) in [6.45, 7) is 4.94. The van der Waals surface area contributed by atoms with E-state index in [1.54, 1.807) is 12.1 Å². The number of benzene rings is 1. The minimum absolute atomic E-state index is 0.0589. The molecule has 6 heteroatoms. The quantitative estimate of drug-likeness (QED) is 0.842. The second-order valence-corrected chi connectivity index (χ2v) is 8.25. The molecule has 2 rings (SSSR count). The maximum atomic E-state index is 12.5. The van der Waals surface area contributed by atoms with Crippen molar-refractivity contribution in [2.75, 3.05) is 18.1 Å². The second-order valence-electron chi connectivity index (χ2n) is 5.39. The molecule has 1 heterocycles. The van der Waals surface area contributed by atoms with Gasteiger partial charge in [0.1, 0.15) is 0 Å². The molecule has 0 aliphatic carbocycles. The van der Waals surface area contributed by atoms with E-state index < -0.39 is 10.0 Å². The third-order valence-corrected chi connectivity index (χ3v) is 6.39. The molecule has 1 saturated heterocycles. The van der Waals surface area contributed by atoms with Crippen molar-refractivity contribution in [3.8, 4) is 0 Å². The molecule has 0 saturated carbocycles. The summed E-state index contributed by atoms with van der Waals surface area (Å²) in [5, 5.41) is 3.30. The van der Waals surface area contributed by atoms with Crippen molar-refractivity contribution in [3.05, 3.63) is 29.8 Å². The highest BCUT2D eigenvalue weighted by Crippen LogP contribution is 2.21. The first-order chi connectivity index (χ1) is 10.0. The summed E-state index contributed by atoms with van der Waals surface area (Å²) in [4.78, 5) is 0.361. The molecule has 0 bridgehead atoms. The van der Waals surface area contributed by atoms with Crippen molar-refractivity contribution < 1.29 is 8.42 Å². The highest BCUT2D eigenvalue weighted by Gasteiger charge is 2.22. The third-order valence-electron chi connectivity index (χ3n) is 3.66. The fourth-order valence-electron chi connectivity index (χ4n) is 2.50. The predicted octanol–water partition coefficient (Wildman–Crippen LogP) is 2.53. The van der Waals surface area contributed by atoms with Crippen molar-refractivity contribution in [2.45, 2.75) is 43.7 Å². The Morgan fingerprint density at radius 1 is 1.43 bits per heavy atom. The van der Waals surface area contributed by atoms with Gasteiger partial charge in [0.05, 0.1) is 4.90 Å². The number of rotatable bonds is 6. The monoisotopic (exact) mass is 328 g/mol. The smallest absolute Gasteiger partial charge is 0.240 e. The van der Waals surface area contributed by atoms with Crippen molar-refractivity contribution in [3.63, 3.8) is 0 Å². The van der Waals surface area contributed by atoms with Crippen LogP contribution in [0.2, 0.25) is 0 Å². The van der Waals surface area contributed by atoms with Crippen LogP contribution < -0.4 is 10.0 Å². The summed E-state index contributed by atoms with van der Waals surface area (Å²) >= 11 is 1.82. The van der Waals surface area contributed by atoms with Crippen LogP contribution >= 0.6 is 11.8 Å². The van der Waals surface area contributed by atoms with Gasteiger partial charge in [-0.1, -0.05) is 19.1 Å². The number of thioether (sulfide) groups is 1. The zero-order chi connectivity index (χ0) is 15.3. The zero-order valence-corrected chi connectivity index (χ0v) is 14.3. The van der Waals surface area contributed by atoms with E-state index in [0.717, 1.165) is 36.5 Å². The van der Waals surface area contributed by atoms with Crippen LogP contribution in [0.4, 0.5) is 0 Å². The van der Waals surface area contributed by atoms with Gasteiger partial charge in [-0.2, -0.15) is 11.8 Å². The molecule has 2 unspecified atom stereocenters. The molecular formula is C15H24N2O2S2. The zero-order valence-electron chi connectivity index (χ0n) is 12.6. The van der Waals surface area contributed by atoms with E-state index in [9.17, 15) is 8.42 Å². The second kappa shape index (κ2) is 7.63. The molecule has 1 aliphatic heterocycles. The Kier molecular flexibility index (Phi) is 6.10. The molecule has 4 nitrogen and oxygen atoms in total. The molecule has 1 aromatic rings. The molecule has 118 valence electrons. The van der Waals surface area contributed by atoms with Gasteiger partial charge in [-0.05, 0) is 49.8 Å². The van der Waals surface area contributed by atoms with Crippen molar-refractivity contribution in [1.29, 1.82) is 0 Å². The first-order valence-electron chi connectivity index (χ1n) is 7.46. The predicted molar refractivity (Wildman–Crippen MR) is 89.2 cm³/mol. The Morgan fingerprint density at radius 3 is 2.90 bits per heavy atom. The van der Waals surface area contributed by atoms with E-state index in [2.05, 4.69) is 10.0 Å². The van der Waals surface area contributed by atoms with Crippen LogP contribution in [0.25, 0.3) is 0 Å². The van der Waals surface area contributed by atoms with E-state index in [1.807, 2.05) is 37.7 Å². The molecule has 0 amide bonds. The molecule has 2 N–H and O–H groups in total. The SMILES string of the molecule is CCNC(C)c1cccc(S(=O)(=O)NC2CCCSC2)c1. The molecule has 1 aromatic carbocycles. The largest absolute Gasteiger partial charge is 0.310 e. The van der Waals surface area contributed by atoms with Crippen LogP contribution in [-0.2, 0) is 10.0 Å². The summed E-state index contributed by atoms with van der Waals surface area (Å²) in [7, 11) is -3.42. The van der Waals surface area contributed by atoms with Crippen molar-refractivity contribution >= 4 is 21.8 Å². The first-order valence-corrected chi connectivity index (χ1v) is 10.1. The van der Waals surface area contributed by atoms with E-state index >= 15 is 0 Å². The molecule has 0 radical (unpaired) electrons. The maximum Gasteiger partial charge on any atom is 0.240 e. The van der Waals surface area contributed by atoms with E-state index in [0.29, 0.717) is 4.90 Å². The average molecular weight is 329 g/mol. The minimum atomic E-state index is -3.42. The van der Waals surface area contributed by atoms with E-state index in [1.165, 1.54) is 0 Å². The van der Waals surface area contributed by atoms with Crippen LogP contribution in [0.5, 0.6) is 0 Å². The van der Waals surface area contributed by atoms with Gasteiger partial charge in [0.25, 0.3) is 0 Å². The van der Waals surface area contributed by atoms with Gasteiger partial charge in [0.15, 0.2) is 0 Å². The lowest BCUT2D eigenvalue weighted by molar-refractivity contribution is 0.542. The molecule has 0 aromatic heterocycles. The molecule has 1 aliphatic rings. The Labute approximate surface area is 132 Å². The number of sulfonamides is 1. The lowest BCUT2D eigenvalue weighted by Crippen LogP contribution is -2.38. The minimum Gasteiger partial charge on any atom is -0.310 e. The van der Waals surface area contributed by atoms with Gasteiger partial charge in [-0.15, -0.1) is 0 Å². The molecular weight excluding hydrogens is 304 g/mol. The van der Waals surface area contributed by atoms with Gasteiger partial charge in [-0.3, -0.25) is 0 Å². The van der Waals surface area contributed by atoms with Crippen LogP contribution in [-0.4, -0.2) is 32.5 Å². The van der Waals surface area contributed by atoms with Crippen molar-refractivity contribution in [2.24, 2.45) is 0 Å². The molecule has 0 spiro atoms. The van der Waals surface area contributed by atoms with E-state index in [4.69, 9.17) is 0 Å². The lowest BCUT2D eigenvalue weighted by Gasteiger charge is -2.22. The average Bonchev–Trinajstić information content (AvgIpc) is 2.48. The number of hydrogen-bond acceptors (Lipinski definition) is 4. The van der Waals surface area contributed by atoms with Gasteiger partial charge in [0, 0.05) is 17.8 Å². The molecule has 21 heavy (non-hydrogen) atoms. The van der Waals surface area contributed by atoms with E-state index in [-0.39, 0.29) is 12.1 Å². The third kappa shape index (κ3) is 4.71. The lowest BCUT2D eigenvalue weighted by atomic mass is 10.1. The highest BCUT2D eigenvalue weighted by atomic mass is 32.2.